The summed E-state index contributed by atoms with van der Waals surface area (Å²) in [5, 5.41) is 10.8. The van der Waals surface area contributed by atoms with Crippen molar-refractivity contribution >= 4 is 0 Å². The summed E-state index contributed by atoms with van der Waals surface area (Å²) in [7, 11) is 0. The van der Waals surface area contributed by atoms with E-state index in [0.29, 0.717) is 0 Å². The molecule has 76 valence electrons. The summed E-state index contributed by atoms with van der Waals surface area (Å²) in [6.45, 7) is 8.93. The molecule has 0 heterocycles. The molecule has 2 rings (SSSR count). The molecule has 1 heteroatoms. The maximum atomic E-state index is 10.8. The molecule has 0 aliphatic heterocycles. The molecule has 2 aliphatic carbocycles. The van der Waals surface area contributed by atoms with Gasteiger partial charge in [-0.15, -0.1) is 0 Å². The molecule has 1 nitrogen and oxygen atoms in total. The summed E-state index contributed by atoms with van der Waals surface area (Å²) >= 11 is 0. The van der Waals surface area contributed by atoms with Crippen molar-refractivity contribution in [2.45, 2.75) is 59.0 Å². The van der Waals surface area contributed by atoms with Crippen molar-refractivity contribution < 1.29 is 5.11 Å². The molecule has 2 saturated carbocycles. The first-order chi connectivity index (χ1) is 5.87. The quantitative estimate of drug-likeness (QED) is 0.661. The molecule has 0 aromatic carbocycles. The van der Waals surface area contributed by atoms with Gasteiger partial charge in [0.25, 0.3) is 0 Å². The predicted molar refractivity (Wildman–Crippen MR) is 54.5 cm³/mol. The SMILES string of the molecule is CC[C@]1(O)C(C)(C)[C@@H]2CC[C@@]1(C)C2. The summed E-state index contributed by atoms with van der Waals surface area (Å²) in [6, 6.07) is 0. The van der Waals surface area contributed by atoms with Gasteiger partial charge in [-0.25, -0.2) is 0 Å². The lowest BCUT2D eigenvalue weighted by atomic mass is 9.59. The van der Waals surface area contributed by atoms with Crippen molar-refractivity contribution in [3.63, 3.8) is 0 Å². The van der Waals surface area contributed by atoms with Crippen LogP contribution >= 0.6 is 0 Å². The first-order valence-electron chi connectivity index (χ1n) is 5.60. The second-order valence-electron chi connectivity index (χ2n) is 5.94. The van der Waals surface area contributed by atoms with E-state index in [1.165, 1.54) is 19.3 Å². The van der Waals surface area contributed by atoms with Gasteiger partial charge in [0, 0.05) is 0 Å². The normalized spacial score (nSPS) is 52.8. The maximum absolute atomic E-state index is 10.8. The zero-order valence-electron chi connectivity index (χ0n) is 9.35. The van der Waals surface area contributed by atoms with Crippen LogP contribution in [0.2, 0.25) is 0 Å². The molecule has 0 aromatic heterocycles. The highest BCUT2D eigenvalue weighted by Crippen LogP contribution is 2.68. The van der Waals surface area contributed by atoms with Crippen LogP contribution in [0.25, 0.3) is 0 Å². The van der Waals surface area contributed by atoms with Crippen molar-refractivity contribution in [2.24, 2.45) is 16.7 Å². The topological polar surface area (TPSA) is 20.2 Å². The predicted octanol–water partition coefficient (Wildman–Crippen LogP) is 2.97. The molecule has 0 aromatic rings. The van der Waals surface area contributed by atoms with E-state index in [2.05, 4.69) is 27.7 Å². The molecule has 0 unspecified atom stereocenters. The van der Waals surface area contributed by atoms with Gasteiger partial charge in [-0.05, 0) is 42.4 Å². The van der Waals surface area contributed by atoms with E-state index in [9.17, 15) is 5.11 Å². The standard InChI is InChI=1S/C12H22O/c1-5-12(13)10(2,3)9-6-7-11(12,4)8-9/h9,13H,5-8H2,1-4H3/t9-,11+,12+/m1/s1. The Morgan fingerprint density at radius 2 is 1.92 bits per heavy atom. The Bertz CT molecular complexity index is 227. The lowest BCUT2D eigenvalue weighted by molar-refractivity contribution is -0.144. The van der Waals surface area contributed by atoms with Crippen LogP contribution < -0.4 is 0 Å². The van der Waals surface area contributed by atoms with E-state index in [-0.39, 0.29) is 10.8 Å². The zero-order valence-corrected chi connectivity index (χ0v) is 9.35. The summed E-state index contributed by atoms with van der Waals surface area (Å²) in [4.78, 5) is 0. The molecule has 1 N–H and O–H groups in total. The molecule has 0 radical (unpaired) electrons. The highest BCUT2D eigenvalue weighted by atomic mass is 16.3. The smallest absolute Gasteiger partial charge is 0.0751 e. The van der Waals surface area contributed by atoms with Gasteiger partial charge in [0.15, 0.2) is 0 Å². The first kappa shape index (κ1) is 9.51. The highest BCUT2D eigenvalue weighted by molar-refractivity contribution is 5.17. The third kappa shape index (κ3) is 0.823. The van der Waals surface area contributed by atoms with Crippen molar-refractivity contribution in [2.75, 3.05) is 0 Å². The number of aliphatic hydroxyl groups is 1. The van der Waals surface area contributed by atoms with Gasteiger partial charge in [-0.1, -0.05) is 27.7 Å². The van der Waals surface area contributed by atoms with Crippen molar-refractivity contribution in [1.82, 2.24) is 0 Å². The van der Waals surface area contributed by atoms with Crippen LogP contribution in [0.5, 0.6) is 0 Å². The van der Waals surface area contributed by atoms with Gasteiger partial charge in [-0.3, -0.25) is 0 Å². The fourth-order valence-electron chi connectivity index (χ4n) is 4.23. The number of hydrogen-bond acceptors (Lipinski definition) is 1. The van der Waals surface area contributed by atoms with Crippen LogP contribution in [0.4, 0.5) is 0 Å². The minimum absolute atomic E-state index is 0.134. The van der Waals surface area contributed by atoms with Gasteiger partial charge in [0.1, 0.15) is 0 Å². The highest BCUT2D eigenvalue weighted by Gasteiger charge is 2.67. The molecule has 0 amide bonds. The van der Waals surface area contributed by atoms with E-state index >= 15 is 0 Å². The van der Waals surface area contributed by atoms with E-state index in [0.717, 1.165) is 12.3 Å². The minimum atomic E-state index is -0.414. The van der Waals surface area contributed by atoms with Crippen molar-refractivity contribution in [3.05, 3.63) is 0 Å². The molecule has 0 spiro atoms. The van der Waals surface area contributed by atoms with Crippen molar-refractivity contribution in [1.29, 1.82) is 0 Å². The lowest BCUT2D eigenvalue weighted by Gasteiger charge is -2.50. The molecule has 13 heavy (non-hydrogen) atoms. The molecule has 2 bridgehead atoms. The monoisotopic (exact) mass is 182 g/mol. The number of fused-ring (bicyclic) bond motifs is 2. The van der Waals surface area contributed by atoms with E-state index < -0.39 is 5.60 Å². The fraction of sp³-hybridized carbons (Fsp3) is 1.00. The third-order valence-electron chi connectivity index (χ3n) is 5.34. The van der Waals surface area contributed by atoms with Gasteiger partial charge in [0.2, 0.25) is 0 Å². The summed E-state index contributed by atoms with van der Waals surface area (Å²) in [5.41, 5.74) is -0.0758. The molecule has 2 fully saturated rings. The number of hydrogen-bond donors (Lipinski definition) is 1. The Kier molecular flexibility index (Phi) is 1.69. The Morgan fingerprint density at radius 1 is 1.31 bits per heavy atom. The first-order valence-corrected chi connectivity index (χ1v) is 5.60. The average molecular weight is 182 g/mol. The van der Waals surface area contributed by atoms with Crippen LogP contribution in [0.1, 0.15) is 53.4 Å². The van der Waals surface area contributed by atoms with Gasteiger partial charge < -0.3 is 5.11 Å². The zero-order chi connectivity index (χ0) is 9.91. The van der Waals surface area contributed by atoms with Crippen LogP contribution in [0.3, 0.4) is 0 Å². The number of rotatable bonds is 1. The Balaban J connectivity index is 2.45. The second kappa shape index (κ2) is 2.31. The van der Waals surface area contributed by atoms with Crippen LogP contribution in [0, 0.1) is 16.7 Å². The fourth-order valence-corrected chi connectivity index (χ4v) is 4.23. The Morgan fingerprint density at radius 3 is 2.23 bits per heavy atom. The molecule has 2 aliphatic rings. The molecule has 0 saturated heterocycles. The van der Waals surface area contributed by atoms with Crippen LogP contribution in [-0.2, 0) is 0 Å². The molecular formula is C12H22O. The minimum Gasteiger partial charge on any atom is -0.389 e. The summed E-state index contributed by atoms with van der Waals surface area (Å²) in [6.07, 6.45) is 4.70. The third-order valence-corrected chi connectivity index (χ3v) is 5.34. The Hall–Kier alpha value is -0.0400. The summed E-state index contributed by atoms with van der Waals surface area (Å²) in [5.74, 6) is 0.752. The van der Waals surface area contributed by atoms with E-state index in [1.54, 1.807) is 0 Å². The molecule has 3 atom stereocenters. The maximum Gasteiger partial charge on any atom is 0.0751 e. The van der Waals surface area contributed by atoms with Crippen molar-refractivity contribution in [3.8, 4) is 0 Å². The van der Waals surface area contributed by atoms with Crippen LogP contribution in [0.15, 0.2) is 0 Å². The summed E-state index contributed by atoms with van der Waals surface area (Å²) < 4.78 is 0. The molecular weight excluding hydrogens is 160 g/mol. The van der Waals surface area contributed by atoms with Crippen LogP contribution in [-0.4, -0.2) is 10.7 Å². The lowest BCUT2D eigenvalue weighted by Crippen LogP contribution is -2.53. The van der Waals surface area contributed by atoms with E-state index in [4.69, 9.17) is 0 Å². The Labute approximate surface area is 81.5 Å². The van der Waals surface area contributed by atoms with Gasteiger partial charge in [0.05, 0.1) is 5.60 Å². The average Bonchev–Trinajstić information content (AvgIpc) is 2.51. The van der Waals surface area contributed by atoms with Gasteiger partial charge >= 0.3 is 0 Å². The largest absolute Gasteiger partial charge is 0.389 e. The second-order valence-corrected chi connectivity index (χ2v) is 5.94. The van der Waals surface area contributed by atoms with E-state index in [1.807, 2.05) is 0 Å². The van der Waals surface area contributed by atoms with Gasteiger partial charge in [-0.2, -0.15) is 0 Å².